The highest BCUT2D eigenvalue weighted by Crippen LogP contribution is 2.38. The number of ether oxygens (including phenoxy) is 2. The molecule has 7 atom stereocenters. The number of phosphoric acid groups is 1. The van der Waals surface area contributed by atoms with Crippen LogP contribution in [-0.4, -0.2) is 165 Å². The van der Waals surface area contributed by atoms with Crippen LogP contribution in [0.2, 0.25) is 0 Å². The lowest BCUT2D eigenvalue weighted by Gasteiger charge is -2.29. The number of thiol groups is 1. The summed E-state index contributed by atoms with van der Waals surface area (Å²) in [7, 11) is -5.13. The van der Waals surface area contributed by atoms with Crippen LogP contribution < -0.4 is 38.1 Å². The van der Waals surface area contributed by atoms with Crippen LogP contribution in [-0.2, 0) is 71.5 Å². The molecule has 2 aromatic heterocycles. The van der Waals surface area contributed by atoms with Gasteiger partial charge in [0, 0.05) is 48.6 Å². The van der Waals surface area contributed by atoms with E-state index in [1.807, 2.05) is 31.4 Å². The number of phosphoric ester groups is 1. The first-order valence-corrected chi connectivity index (χ1v) is 24.7. The summed E-state index contributed by atoms with van der Waals surface area (Å²) in [5.74, 6) is -5.29. The quantitative estimate of drug-likeness (QED) is 0.0211. The average Bonchev–Trinajstić information content (AvgIpc) is 4.07. The van der Waals surface area contributed by atoms with Gasteiger partial charge >= 0.3 is 7.82 Å². The van der Waals surface area contributed by atoms with Crippen molar-refractivity contribution in [2.24, 2.45) is 17.4 Å². The molecule has 67 heavy (non-hydrogen) atoms. The van der Waals surface area contributed by atoms with Gasteiger partial charge in [-0.05, 0) is 50.0 Å². The van der Waals surface area contributed by atoms with Crippen molar-refractivity contribution in [1.82, 2.24) is 41.0 Å². The van der Waals surface area contributed by atoms with Crippen molar-refractivity contribution < 1.29 is 67.0 Å². The van der Waals surface area contributed by atoms with E-state index in [0.29, 0.717) is 38.0 Å². The van der Waals surface area contributed by atoms with Gasteiger partial charge in [0.15, 0.2) is 0 Å². The lowest BCUT2D eigenvalue weighted by atomic mass is 10.0. The summed E-state index contributed by atoms with van der Waals surface area (Å²) in [6, 6.07) is -3.91. The Morgan fingerprint density at radius 1 is 0.955 bits per heavy atom. The van der Waals surface area contributed by atoms with Gasteiger partial charge in [0.2, 0.25) is 41.4 Å². The zero-order valence-electron chi connectivity index (χ0n) is 37.7. The minimum atomic E-state index is -5.13. The third-order valence-corrected chi connectivity index (χ3v) is 12.3. The molecule has 2 aromatic rings. The van der Waals surface area contributed by atoms with Crippen LogP contribution in [0.4, 0.5) is 0 Å². The van der Waals surface area contributed by atoms with E-state index in [-0.39, 0.29) is 75.7 Å². The summed E-state index contributed by atoms with van der Waals surface area (Å²) in [6.45, 7) is 5.42. The summed E-state index contributed by atoms with van der Waals surface area (Å²) in [6.07, 6.45) is 2.86. The fraction of sp³-hybridized carbons (Fsp3) is 0.650. The Kier molecular flexibility index (Phi) is 24.4. The second kappa shape index (κ2) is 28.7. The second-order valence-corrected chi connectivity index (χ2v) is 18.7. The molecule has 0 aliphatic carbocycles. The molecule has 1 aliphatic rings. The van der Waals surface area contributed by atoms with Gasteiger partial charge in [0.1, 0.15) is 30.2 Å². The van der Waals surface area contributed by atoms with E-state index < -0.39 is 86.3 Å². The van der Waals surface area contributed by atoms with Crippen molar-refractivity contribution in [3.63, 3.8) is 0 Å². The molecular formula is C40H65N10O14PS2. The first-order valence-electron chi connectivity index (χ1n) is 21.7. The fourth-order valence-electron chi connectivity index (χ4n) is 6.91. The number of likely N-dealkylation sites (tertiary alicyclic amines) is 1. The van der Waals surface area contributed by atoms with E-state index in [9.17, 15) is 53.0 Å². The predicted molar refractivity (Wildman–Crippen MR) is 246 cm³/mol. The lowest BCUT2D eigenvalue weighted by Crippen LogP contribution is -2.61. The fourth-order valence-corrected chi connectivity index (χ4v) is 8.33. The maximum absolute atomic E-state index is 14.2. The molecule has 27 heteroatoms. The SMILES string of the molecule is CC(C)C[C@H](NC(=O)[C@@H]1CCCN1C(=O)CCOCCOCCNC(=O)[C@@H](N)CS)C(=O)N[C@@H](Cc1cncn1CCc1cccs1)C(=O)N[C@@H](CO)C(=O)N[C@H](C(N)=O)[C@@H](C)OP(=O)(O)O. The van der Waals surface area contributed by atoms with E-state index in [2.05, 4.69) is 48.7 Å². The van der Waals surface area contributed by atoms with Crippen molar-refractivity contribution in [3.05, 3.63) is 40.6 Å². The molecular weight excluding hydrogens is 940 g/mol. The van der Waals surface area contributed by atoms with Crippen molar-refractivity contribution in [1.29, 1.82) is 0 Å². The Morgan fingerprint density at radius 3 is 2.25 bits per heavy atom. The van der Waals surface area contributed by atoms with E-state index >= 15 is 0 Å². The molecule has 1 saturated heterocycles. The number of hydrogen-bond donors (Lipinski definition) is 11. The predicted octanol–water partition coefficient (Wildman–Crippen LogP) is -2.52. The Hall–Kier alpha value is -4.50. The number of aryl methyl sites for hydroxylation is 2. The van der Waals surface area contributed by atoms with Gasteiger partial charge in [0.25, 0.3) is 0 Å². The number of hydrogen-bond acceptors (Lipinski definition) is 16. The number of carbonyl (C=O) groups excluding carboxylic acids is 7. The van der Waals surface area contributed by atoms with Crippen molar-refractivity contribution >= 4 is 73.1 Å². The zero-order chi connectivity index (χ0) is 49.7. The second-order valence-electron chi connectivity index (χ2n) is 16.1. The zero-order valence-corrected chi connectivity index (χ0v) is 40.3. The smallest absolute Gasteiger partial charge is 0.394 e. The lowest BCUT2D eigenvalue weighted by molar-refractivity contribution is -0.140. The van der Waals surface area contributed by atoms with Gasteiger partial charge in [0.05, 0.1) is 57.9 Å². The number of primary amides is 1. The summed E-state index contributed by atoms with van der Waals surface area (Å²) in [5.41, 5.74) is 11.5. The van der Waals surface area contributed by atoms with Crippen LogP contribution in [0.1, 0.15) is 57.0 Å². The first-order chi connectivity index (χ1) is 31.7. The molecule has 0 radical (unpaired) electrons. The number of amides is 7. The molecule has 376 valence electrons. The summed E-state index contributed by atoms with van der Waals surface area (Å²) < 4.78 is 28.7. The Balaban J connectivity index is 1.71. The molecule has 3 heterocycles. The number of thiophene rings is 1. The highest BCUT2D eigenvalue weighted by molar-refractivity contribution is 7.80. The standard InChI is InChI=1S/C40H65N10O14PS2/c1-24(2)18-29(46-40(58)32-7-4-11-50(32)33(52)9-13-62-15-16-63-14-10-44-36(54)28(41)22-66)37(55)45-30(19-26-20-43-23-49(26)12-8-27-6-5-17-67-27)38(56)47-31(21-51)39(57)48-34(35(42)53)25(3)64-65(59,60)61/h5-6,17,20,23-25,28-32,34,51,66H,4,7-16,18-19,21-22,41H2,1-3H3,(H2,42,53)(H,44,54)(H,45,55)(H,46,58)(H,47,56)(H,48,57)(H2,59,60,61)/t25-,28+,29+,30+,31+,32+,34+/m1/s1. The number of nitrogens with one attached hydrogen (secondary N) is 5. The largest absolute Gasteiger partial charge is 0.469 e. The highest BCUT2D eigenvalue weighted by Gasteiger charge is 2.38. The summed E-state index contributed by atoms with van der Waals surface area (Å²) >= 11 is 5.54. The number of imidazole rings is 1. The Labute approximate surface area is 398 Å². The van der Waals surface area contributed by atoms with Crippen molar-refractivity contribution in [2.75, 3.05) is 51.9 Å². The van der Waals surface area contributed by atoms with Crippen molar-refractivity contribution in [2.45, 2.75) is 108 Å². The van der Waals surface area contributed by atoms with Crippen LogP contribution in [0, 0.1) is 5.92 Å². The molecule has 24 nitrogen and oxygen atoms in total. The molecule has 0 unspecified atom stereocenters. The Morgan fingerprint density at radius 2 is 1.63 bits per heavy atom. The molecule has 1 fully saturated rings. The number of aromatic nitrogens is 2. The number of nitrogens with two attached hydrogens (primary N) is 2. The van der Waals surface area contributed by atoms with Crippen LogP contribution in [0.5, 0.6) is 0 Å². The van der Waals surface area contributed by atoms with Crippen molar-refractivity contribution in [3.8, 4) is 0 Å². The van der Waals surface area contributed by atoms with E-state index in [0.717, 1.165) is 11.8 Å². The molecule has 0 saturated carbocycles. The molecule has 12 N–H and O–H groups in total. The minimum absolute atomic E-state index is 0.0195. The molecule has 0 aromatic carbocycles. The number of aliphatic hydroxyl groups excluding tert-OH is 1. The van der Waals surface area contributed by atoms with Gasteiger partial charge in [-0.15, -0.1) is 11.3 Å². The van der Waals surface area contributed by atoms with Gasteiger partial charge in [-0.25, -0.2) is 9.55 Å². The number of nitrogens with zero attached hydrogens (tertiary/aromatic N) is 3. The van der Waals surface area contributed by atoms with Crippen LogP contribution in [0.3, 0.4) is 0 Å². The average molecular weight is 1010 g/mol. The number of aliphatic hydroxyl groups is 1. The summed E-state index contributed by atoms with van der Waals surface area (Å²) in [5, 5.41) is 24.7. The third kappa shape index (κ3) is 19.9. The molecule has 7 amide bonds. The third-order valence-electron chi connectivity index (χ3n) is 10.3. The number of carbonyl (C=O) groups is 7. The number of rotatable bonds is 31. The minimum Gasteiger partial charge on any atom is -0.394 e. The molecule has 3 rings (SSSR count). The van der Waals surface area contributed by atoms with Gasteiger partial charge < -0.3 is 71.9 Å². The van der Waals surface area contributed by atoms with Crippen LogP contribution in [0.15, 0.2) is 30.0 Å². The van der Waals surface area contributed by atoms with E-state index in [4.69, 9.17) is 20.9 Å². The molecule has 0 bridgehead atoms. The monoisotopic (exact) mass is 1000 g/mol. The maximum Gasteiger partial charge on any atom is 0.469 e. The highest BCUT2D eigenvalue weighted by atomic mass is 32.1. The van der Waals surface area contributed by atoms with Gasteiger partial charge in [-0.1, -0.05) is 19.9 Å². The van der Waals surface area contributed by atoms with Crippen LogP contribution >= 0.6 is 31.8 Å². The van der Waals surface area contributed by atoms with Crippen LogP contribution in [0.25, 0.3) is 0 Å². The van der Waals surface area contributed by atoms with E-state index in [1.54, 1.807) is 22.2 Å². The molecule has 1 aliphatic heterocycles. The topological polar surface area (TPSA) is 358 Å². The maximum atomic E-state index is 14.2. The van der Waals surface area contributed by atoms with E-state index in [1.165, 1.54) is 11.1 Å². The normalized spacial score (nSPS) is 16.6. The molecule has 0 spiro atoms. The first kappa shape index (κ1) is 56.8. The Bertz CT molecular complexity index is 1970. The van der Waals surface area contributed by atoms with Gasteiger partial charge in [-0.2, -0.15) is 12.6 Å². The van der Waals surface area contributed by atoms with Gasteiger partial charge in [-0.3, -0.25) is 38.1 Å². The summed E-state index contributed by atoms with van der Waals surface area (Å²) in [4.78, 5) is 118.